The van der Waals surface area contributed by atoms with Gasteiger partial charge in [0.2, 0.25) is 0 Å². The number of rotatable bonds is 10. The van der Waals surface area contributed by atoms with E-state index in [0.29, 0.717) is 63.3 Å². The first-order valence-electron chi connectivity index (χ1n) is 14.6. The van der Waals surface area contributed by atoms with Gasteiger partial charge >= 0.3 is 0 Å². The van der Waals surface area contributed by atoms with E-state index in [1.165, 1.54) is 18.7 Å². The number of likely N-dealkylation sites (N-methyl/N-ethyl adjacent to an activating group) is 1. The number of methoxy groups -OCH3 is 1. The highest BCUT2D eigenvalue weighted by molar-refractivity contribution is 6.05. The van der Waals surface area contributed by atoms with Crippen molar-refractivity contribution in [3.8, 4) is 23.0 Å². The summed E-state index contributed by atoms with van der Waals surface area (Å²) in [5.74, 6) is 0.831. The standard InChI is InChI=1S/C32H33FN8O4/c1-5-44-29-15-24-22(14-26(29)39-32(42)23(33)12-20-7-6-9-40(20)3)31(36-17-34-24)38-25-11-19(2)27(16-28(25)43-4)45-21-8-10-41-30(13-21)35-18-37-41/h8,10-18,20H,5-7,9H2,1-4H3,(H,39,42)(H,34,36,38)/b23-12+/t20-/m0/s1. The third-order valence-corrected chi connectivity index (χ3v) is 7.65. The van der Waals surface area contributed by atoms with Gasteiger partial charge in [-0.15, -0.1) is 0 Å². The van der Waals surface area contributed by atoms with Crippen LogP contribution in [0.3, 0.4) is 0 Å². The predicted octanol–water partition coefficient (Wildman–Crippen LogP) is 5.81. The lowest BCUT2D eigenvalue weighted by Gasteiger charge is -2.17. The fraction of sp³-hybridized carbons (Fsp3) is 0.281. The number of pyridine rings is 1. The molecule has 2 aromatic carbocycles. The van der Waals surface area contributed by atoms with Crippen LogP contribution >= 0.6 is 0 Å². The topological polar surface area (TPSA) is 128 Å². The van der Waals surface area contributed by atoms with Crippen LogP contribution in [-0.2, 0) is 4.79 Å². The maximum Gasteiger partial charge on any atom is 0.284 e. The number of hydrogen-bond donors (Lipinski definition) is 2. The van der Waals surface area contributed by atoms with Crippen LogP contribution in [0.2, 0.25) is 0 Å². The highest BCUT2D eigenvalue weighted by atomic mass is 19.1. The highest BCUT2D eigenvalue weighted by Crippen LogP contribution is 2.39. The molecule has 4 heterocycles. The molecular formula is C32H33FN8O4. The summed E-state index contributed by atoms with van der Waals surface area (Å²) in [4.78, 5) is 28.0. The van der Waals surface area contributed by atoms with Crippen molar-refractivity contribution in [2.24, 2.45) is 0 Å². The lowest BCUT2D eigenvalue weighted by atomic mass is 10.1. The molecule has 1 amide bonds. The number of nitrogens with zero attached hydrogens (tertiary/aromatic N) is 6. The third kappa shape index (κ3) is 6.34. The number of amides is 1. The summed E-state index contributed by atoms with van der Waals surface area (Å²) >= 11 is 0. The highest BCUT2D eigenvalue weighted by Gasteiger charge is 2.23. The van der Waals surface area contributed by atoms with Crippen LogP contribution in [0.15, 0.2) is 67.2 Å². The molecule has 45 heavy (non-hydrogen) atoms. The Morgan fingerprint density at radius 3 is 2.73 bits per heavy atom. The van der Waals surface area contributed by atoms with E-state index >= 15 is 0 Å². The van der Waals surface area contributed by atoms with Crippen molar-refractivity contribution in [1.29, 1.82) is 0 Å². The maximum atomic E-state index is 15.0. The Balaban J connectivity index is 1.29. The fourth-order valence-electron chi connectivity index (χ4n) is 5.29. The lowest BCUT2D eigenvalue weighted by molar-refractivity contribution is -0.114. The molecule has 3 aromatic heterocycles. The molecule has 0 radical (unpaired) electrons. The van der Waals surface area contributed by atoms with E-state index in [1.807, 2.05) is 31.9 Å². The van der Waals surface area contributed by atoms with Gasteiger partial charge in [-0.1, -0.05) is 0 Å². The Morgan fingerprint density at radius 2 is 1.96 bits per heavy atom. The van der Waals surface area contributed by atoms with Crippen molar-refractivity contribution in [2.75, 3.05) is 37.9 Å². The summed E-state index contributed by atoms with van der Waals surface area (Å²) in [7, 11) is 3.48. The Bertz CT molecular complexity index is 1910. The number of nitrogens with one attached hydrogen (secondary N) is 2. The van der Waals surface area contributed by atoms with Gasteiger partial charge in [0.15, 0.2) is 11.5 Å². The van der Waals surface area contributed by atoms with E-state index in [-0.39, 0.29) is 6.04 Å². The average molecular weight is 613 g/mol. The Hall–Kier alpha value is -5.30. The number of fused-ring (bicyclic) bond motifs is 2. The molecule has 1 saturated heterocycles. The number of hydrogen-bond acceptors (Lipinski definition) is 10. The number of benzene rings is 2. The molecule has 5 aromatic rings. The summed E-state index contributed by atoms with van der Waals surface area (Å²) in [6.45, 7) is 4.95. The minimum atomic E-state index is -0.849. The second-order valence-electron chi connectivity index (χ2n) is 10.7. The number of halogens is 1. The number of likely N-dealkylation sites (tertiary alicyclic amines) is 1. The zero-order valence-corrected chi connectivity index (χ0v) is 25.4. The van der Waals surface area contributed by atoms with E-state index < -0.39 is 11.7 Å². The fourth-order valence-corrected chi connectivity index (χ4v) is 5.29. The van der Waals surface area contributed by atoms with Crippen molar-refractivity contribution in [3.05, 3.63) is 72.7 Å². The number of aromatic nitrogens is 5. The Morgan fingerprint density at radius 1 is 1.09 bits per heavy atom. The molecule has 0 bridgehead atoms. The van der Waals surface area contributed by atoms with Gasteiger partial charge in [-0.3, -0.25) is 9.69 Å². The van der Waals surface area contributed by atoms with E-state index in [2.05, 4.69) is 30.7 Å². The number of ether oxygens (including phenoxy) is 3. The van der Waals surface area contributed by atoms with Gasteiger partial charge in [0.1, 0.15) is 41.5 Å². The molecule has 0 saturated carbocycles. The molecule has 0 aliphatic carbocycles. The van der Waals surface area contributed by atoms with E-state index in [9.17, 15) is 9.18 Å². The molecule has 1 fully saturated rings. The van der Waals surface area contributed by atoms with E-state index in [1.54, 1.807) is 48.2 Å². The van der Waals surface area contributed by atoms with Crippen LogP contribution in [0.25, 0.3) is 16.6 Å². The first kappa shape index (κ1) is 29.8. The summed E-state index contributed by atoms with van der Waals surface area (Å²) in [6, 6.07) is 10.5. The van der Waals surface area contributed by atoms with Crippen molar-refractivity contribution in [2.45, 2.75) is 32.7 Å². The number of anilines is 3. The molecule has 2 N–H and O–H groups in total. The Labute approximate surface area is 258 Å². The van der Waals surface area contributed by atoms with Crippen molar-refractivity contribution < 1.29 is 23.4 Å². The minimum absolute atomic E-state index is 0.115. The van der Waals surface area contributed by atoms with E-state index in [4.69, 9.17) is 14.2 Å². The number of carbonyl (C=O) groups excluding carboxylic acids is 1. The van der Waals surface area contributed by atoms with Gasteiger partial charge in [-0.05, 0) is 70.1 Å². The molecule has 0 unspecified atom stereocenters. The average Bonchev–Trinajstić information content (AvgIpc) is 3.67. The molecule has 12 nitrogen and oxygen atoms in total. The van der Waals surface area contributed by atoms with E-state index in [0.717, 1.165) is 24.9 Å². The summed E-state index contributed by atoms with van der Waals surface area (Å²) in [5, 5.41) is 10.7. The lowest BCUT2D eigenvalue weighted by Crippen LogP contribution is -2.24. The molecule has 232 valence electrons. The molecule has 1 aliphatic heterocycles. The normalized spacial score (nSPS) is 15.4. The van der Waals surface area contributed by atoms with Crippen molar-refractivity contribution in [1.82, 2.24) is 29.5 Å². The van der Waals surface area contributed by atoms with Crippen LogP contribution in [0.4, 0.5) is 21.6 Å². The molecule has 13 heteroatoms. The van der Waals surface area contributed by atoms with Crippen molar-refractivity contribution >= 4 is 39.6 Å². The monoisotopic (exact) mass is 612 g/mol. The van der Waals surface area contributed by atoms with Gasteiger partial charge in [0.25, 0.3) is 5.91 Å². The van der Waals surface area contributed by atoms with Gasteiger partial charge < -0.3 is 24.8 Å². The zero-order valence-electron chi connectivity index (χ0n) is 25.4. The SMILES string of the molecule is CCOc1cc2ncnc(Nc3cc(C)c(Oc4ccn5ncnc5c4)cc3OC)c2cc1NC(=O)/C(F)=C\[C@@H]1CCCN1C. The van der Waals surface area contributed by atoms with Crippen LogP contribution in [0, 0.1) is 6.92 Å². The molecule has 1 aliphatic rings. The summed E-state index contributed by atoms with van der Waals surface area (Å²) < 4.78 is 34.2. The second-order valence-corrected chi connectivity index (χ2v) is 10.7. The summed E-state index contributed by atoms with van der Waals surface area (Å²) in [6.07, 6.45) is 7.81. The van der Waals surface area contributed by atoms with Crippen LogP contribution in [-0.4, -0.2) is 68.7 Å². The molecule has 1 atom stereocenters. The smallest absolute Gasteiger partial charge is 0.284 e. The van der Waals surface area contributed by atoms with Gasteiger partial charge in [0.05, 0.1) is 30.6 Å². The Kier molecular flexibility index (Phi) is 8.43. The number of carbonyl (C=O) groups is 1. The molecule has 6 rings (SSSR count). The molecular weight excluding hydrogens is 579 g/mol. The maximum absolute atomic E-state index is 15.0. The zero-order chi connectivity index (χ0) is 31.5. The van der Waals surface area contributed by atoms with Crippen LogP contribution in [0.5, 0.6) is 23.0 Å². The number of aryl methyl sites for hydroxylation is 1. The van der Waals surface area contributed by atoms with Gasteiger partial charge in [0, 0.05) is 35.8 Å². The first-order chi connectivity index (χ1) is 21.8. The second kappa shape index (κ2) is 12.7. The summed E-state index contributed by atoms with van der Waals surface area (Å²) in [5.41, 5.74) is 2.99. The first-order valence-corrected chi connectivity index (χ1v) is 14.6. The predicted molar refractivity (Wildman–Crippen MR) is 168 cm³/mol. The largest absolute Gasteiger partial charge is 0.494 e. The quantitative estimate of drug-likeness (QED) is 0.187. The van der Waals surface area contributed by atoms with Gasteiger partial charge in [-0.2, -0.15) is 5.10 Å². The van der Waals surface area contributed by atoms with Crippen LogP contribution in [0.1, 0.15) is 25.3 Å². The minimum Gasteiger partial charge on any atom is -0.494 e. The van der Waals surface area contributed by atoms with Crippen LogP contribution < -0.4 is 24.8 Å². The third-order valence-electron chi connectivity index (χ3n) is 7.65. The van der Waals surface area contributed by atoms with Gasteiger partial charge in [-0.25, -0.2) is 23.9 Å². The van der Waals surface area contributed by atoms with Crippen molar-refractivity contribution in [3.63, 3.8) is 0 Å². The molecule has 0 spiro atoms.